The monoisotopic (exact) mass is 348 g/mol. The van der Waals surface area contributed by atoms with Gasteiger partial charge in [0.15, 0.2) is 5.11 Å². The number of aromatic nitrogens is 4. The third-order valence-corrected chi connectivity index (χ3v) is 3.39. The van der Waals surface area contributed by atoms with Crippen LogP contribution in [0.1, 0.15) is 0 Å². The van der Waals surface area contributed by atoms with Gasteiger partial charge in [-0.25, -0.2) is 9.07 Å². The lowest BCUT2D eigenvalue weighted by Crippen LogP contribution is -2.19. The molecule has 3 rings (SSSR count). The first kappa shape index (κ1) is 15.3. The minimum atomic E-state index is -0.481. The average molecular weight is 349 g/mol. The Kier molecular flexibility index (Phi) is 4.45. The maximum absolute atomic E-state index is 13.1. The van der Waals surface area contributed by atoms with Crippen LogP contribution in [0.2, 0.25) is 5.02 Å². The maximum Gasteiger partial charge on any atom is 0.175 e. The molecular formula is C14H10ClFN6S. The van der Waals surface area contributed by atoms with Crippen LogP contribution in [0.25, 0.3) is 5.69 Å². The molecule has 0 aliphatic carbocycles. The van der Waals surface area contributed by atoms with Gasteiger partial charge in [-0.05, 0) is 59.0 Å². The molecule has 116 valence electrons. The third-order valence-electron chi connectivity index (χ3n) is 2.90. The standard InChI is InChI=1S/C14H10ClFN6S/c15-12-7-10(4-5-13(12)16)19-14(23)18-9-2-1-3-11(6-9)22-8-17-20-21-22/h1-8H,(H2,18,19,23). The smallest absolute Gasteiger partial charge is 0.175 e. The molecule has 0 atom stereocenters. The van der Waals surface area contributed by atoms with Crippen LogP contribution in [0.15, 0.2) is 48.8 Å². The molecule has 2 aromatic carbocycles. The fraction of sp³-hybridized carbons (Fsp3) is 0. The van der Waals surface area contributed by atoms with E-state index < -0.39 is 5.82 Å². The number of hydrogen-bond acceptors (Lipinski definition) is 4. The van der Waals surface area contributed by atoms with Crippen LogP contribution in [-0.2, 0) is 0 Å². The molecule has 0 amide bonds. The maximum atomic E-state index is 13.1. The van der Waals surface area contributed by atoms with Gasteiger partial charge in [0.2, 0.25) is 0 Å². The summed E-state index contributed by atoms with van der Waals surface area (Å²) in [5.74, 6) is -0.481. The predicted molar refractivity (Wildman–Crippen MR) is 90.4 cm³/mol. The van der Waals surface area contributed by atoms with Crippen molar-refractivity contribution in [3.8, 4) is 5.69 Å². The Morgan fingerprint density at radius 1 is 1.13 bits per heavy atom. The quantitative estimate of drug-likeness (QED) is 0.708. The van der Waals surface area contributed by atoms with Crippen molar-refractivity contribution < 1.29 is 4.39 Å². The van der Waals surface area contributed by atoms with E-state index in [1.54, 1.807) is 6.07 Å². The number of benzene rings is 2. The van der Waals surface area contributed by atoms with Gasteiger partial charge in [-0.3, -0.25) is 0 Å². The Bertz CT molecular complexity index is 839. The fourth-order valence-electron chi connectivity index (χ4n) is 1.87. The highest BCUT2D eigenvalue weighted by atomic mass is 35.5. The van der Waals surface area contributed by atoms with Gasteiger partial charge in [0.25, 0.3) is 0 Å². The van der Waals surface area contributed by atoms with Crippen LogP contribution in [0.5, 0.6) is 0 Å². The SMILES string of the molecule is Fc1ccc(NC(=S)Nc2cccc(-n3cnnn3)c2)cc1Cl. The Balaban J connectivity index is 1.70. The van der Waals surface area contributed by atoms with Crippen molar-refractivity contribution >= 4 is 40.3 Å². The van der Waals surface area contributed by atoms with Crippen LogP contribution < -0.4 is 10.6 Å². The summed E-state index contributed by atoms with van der Waals surface area (Å²) in [6.07, 6.45) is 1.50. The van der Waals surface area contributed by atoms with Crippen molar-refractivity contribution in [1.82, 2.24) is 20.2 Å². The highest BCUT2D eigenvalue weighted by Crippen LogP contribution is 2.20. The molecular weight excluding hydrogens is 339 g/mol. The second-order valence-corrected chi connectivity index (χ2v) is 5.33. The molecule has 0 spiro atoms. The molecule has 6 nitrogen and oxygen atoms in total. The van der Waals surface area contributed by atoms with E-state index in [1.165, 1.54) is 23.1 Å². The van der Waals surface area contributed by atoms with Gasteiger partial charge in [-0.15, -0.1) is 5.10 Å². The predicted octanol–water partition coefficient (Wildman–Crippen LogP) is 3.26. The number of hydrogen-bond donors (Lipinski definition) is 2. The van der Waals surface area contributed by atoms with Crippen molar-refractivity contribution in [2.24, 2.45) is 0 Å². The molecule has 0 saturated heterocycles. The molecule has 23 heavy (non-hydrogen) atoms. The van der Waals surface area contributed by atoms with E-state index in [9.17, 15) is 4.39 Å². The van der Waals surface area contributed by atoms with Crippen LogP contribution in [0.4, 0.5) is 15.8 Å². The number of nitrogens with one attached hydrogen (secondary N) is 2. The molecule has 0 unspecified atom stereocenters. The minimum absolute atomic E-state index is 0.0264. The summed E-state index contributed by atoms with van der Waals surface area (Å²) in [5.41, 5.74) is 2.13. The van der Waals surface area contributed by atoms with E-state index in [1.807, 2.05) is 24.3 Å². The van der Waals surface area contributed by atoms with Crippen LogP contribution >= 0.6 is 23.8 Å². The third kappa shape index (κ3) is 3.79. The van der Waals surface area contributed by atoms with Crippen molar-refractivity contribution in [3.63, 3.8) is 0 Å². The summed E-state index contributed by atoms with van der Waals surface area (Å²) in [5, 5.41) is 17.3. The summed E-state index contributed by atoms with van der Waals surface area (Å²) in [6.45, 7) is 0. The van der Waals surface area contributed by atoms with Crippen LogP contribution in [0.3, 0.4) is 0 Å². The van der Waals surface area contributed by atoms with Gasteiger partial charge in [-0.2, -0.15) is 0 Å². The molecule has 1 aromatic heterocycles. The summed E-state index contributed by atoms with van der Waals surface area (Å²) in [6, 6.07) is 11.7. The molecule has 0 radical (unpaired) electrons. The van der Waals surface area contributed by atoms with E-state index >= 15 is 0 Å². The second-order valence-electron chi connectivity index (χ2n) is 4.51. The normalized spacial score (nSPS) is 10.3. The first-order valence-electron chi connectivity index (χ1n) is 6.48. The highest BCUT2D eigenvalue weighted by molar-refractivity contribution is 7.80. The van der Waals surface area contributed by atoms with Crippen molar-refractivity contribution in [2.75, 3.05) is 10.6 Å². The highest BCUT2D eigenvalue weighted by Gasteiger charge is 2.04. The molecule has 0 fully saturated rings. The number of thiocarbonyl (C=S) groups is 1. The largest absolute Gasteiger partial charge is 0.332 e. The van der Waals surface area contributed by atoms with E-state index in [4.69, 9.17) is 23.8 Å². The van der Waals surface area contributed by atoms with Gasteiger partial charge >= 0.3 is 0 Å². The lowest BCUT2D eigenvalue weighted by Gasteiger charge is -2.11. The van der Waals surface area contributed by atoms with Gasteiger partial charge in [-0.1, -0.05) is 17.7 Å². The van der Waals surface area contributed by atoms with Crippen LogP contribution in [-0.4, -0.2) is 25.3 Å². The van der Waals surface area contributed by atoms with Gasteiger partial charge in [0, 0.05) is 11.4 Å². The van der Waals surface area contributed by atoms with E-state index in [-0.39, 0.29) is 5.02 Å². The number of tetrazole rings is 1. The molecule has 2 N–H and O–H groups in total. The molecule has 1 heterocycles. The lowest BCUT2D eigenvalue weighted by molar-refractivity contribution is 0.628. The molecule has 0 aliphatic heterocycles. The Morgan fingerprint density at radius 2 is 1.91 bits per heavy atom. The first-order chi connectivity index (χ1) is 11.1. The zero-order valence-corrected chi connectivity index (χ0v) is 13.1. The first-order valence-corrected chi connectivity index (χ1v) is 7.27. The van der Waals surface area contributed by atoms with Gasteiger partial charge < -0.3 is 10.6 Å². The fourth-order valence-corrected chi connectivity index (χ4v) is 2.29. The summed E-state index contributed by atoms with van der Waals surface area (Å²) in [7, 11) is 0. The van der Waals surface area contributed by atoms with Gasteiger partial charge in [0.1, 0.15) is 12.1 Å². The Morgan fingerprint density at radius 3 is 2.61 bits per heavy atom. The van der Waals surface area contributed by atoms with E-state index in [0.29, 0.717) is 10.8 Å². The lowest BCUT2D eigenvalue weighted by atomic mass is 10.3. The van der Waals surface area contributed by atoms with E-state index in [2.05, 4.69) is 26.2 Å². The number of anilines is 2. The van der Waals surface area contributed by atoms with Crippen LogP contribution in [0, 0.1) is 5.82 Å². The van der Waals surface area contributed by atoms with Crippen molar-refractivity contribution in [3.05, 3.63) is 59.6 Å². The molecule has 9 heteroatoms. The van der Waals surface area contributed by atoms with Gasteiger partial charge in [0.05, 0.1) is 10.7 Å². The molecule has 0 saturated carbocycles. The summed E-state index contributed by atoms with van der Waals surface area (Å²) < 4.78 is 14.7. The number of halogens is 2. The van der Waals surface area contributed by atoms with Crippen molar-refractivity contribution in [2.45, 2.75) is 0 Å². The summed E-state index contributed by atoms with van der Waals surface area (Å²) >= 11 is 11.0. The number of rotatable bonds is 3. The molecule has 0 bridgehead atoms. The van der Waals surface area contributed by atoms with Crippen molar-refractivity contribution in [1.29, 1.82) is 0 Å². The second kappa shape index (κ2) is 6.67. The number of nitrogens with zero attached hydrogens (tertiary/aromatic N) is 4. The Hall–Kier alpha value is -2.58. The molecule has 0 aliphatic rings. The minimum Gasteiger partial charge on any atom is -0.332 e. The zero-order valence-electron chi connectivity index (χ0n) is 11.6. The molecule has 3 aromatic rings. The zero-order chi connectivity index (χ0) is 16.2. The average Bonchev–Trinajstić information content (AvgIpc) is 3.05. The van der Waals surface area contributed by atoms with E-state index in [0.717, 1.165) is 11.4 Å². The topological polar surface area (TPSA) is 67.7 Å². The Labute approximate surface area is 141 Å². The summed E-state index contributed by atoms with van der Waals surface area (Å²) in [4.78, 5) is 0.